The van der Waals surface area contributed by atoms with E-state index >= 15 is 0 Å². The van der Waals surface area contributed by atoms with Crippen LogP contribution in [0.15, 0.2) is 0 Å². The zero-order valence-corrected chi connectivity index (χ0v) is 20.9. The van der Waals surface area contributed by atoms with Crippen molar-refractivity contribution in [2.75, 3.05) is 6.54 Å². The third kappa shape index (κ3) is 4.51. The molecule has 4 rings (SSSR count). The van der Waals surface area contributed by atoms with Gasteiger partial charge in [0.1, 0.15) is 0 Å². The van der Waals surface area contributed by atoms with Crippen LogP contribution in [-0.4, -0.2) is 23.8 Å². The van der Waals surface area contributed by atoms with Gasteiger partial charge in [-0.25, -0.2) is 0 Å². The lowest BCUT2D eigenvalue weighted by Gasteiger charge is -2.61. The molecule has 4 aliphatic rings. The van der Waals surface area contributed by atoms with Gasteiger partial charge in [0.15, 0.2) is 0 Å². The predicted octanol–water partition coefficient (Wildman–Crippen LogP) is 6.83. The van der Waals surface area contributed by atoms with Crippen molar-refractivity contribution >= 4 is 0 Å². The zero-order valence-electron chi connectivity index (χ0n) is 20.9. The number of fused-ring (bicyclic) bond motifs is 5. The molecule has 4 fully saturated rings. The average Bonchev–Trinajstić information content (AvgIpc) is 3.09. The Bertz CT molecular complexity index is 591. The van der Waals surface area contributed by atoms with Crippen molar-refractivity contribution < 1.29 is 5.11 Å². The molecule has 31 heavy (non-hydrogen) atoms. The molecule has 0 aromatic heterocycles. The molecule has 0 aromatic carbocycles. The molecule has 10 atom stereocenters. The van der Waals surface area contributed by atoms with Crippen LogP contribution in [0.25, 0.3) is 0 Å². The second-order valence-corrected chi connectivity index (χ2v) is 12.7. The summed E-state index contributed by atoms with van der Waals surface area (Å²) in [5, 5.41) is 13.9. The van der Waals surface area contributed by atoms with Crippen LogP contribution < -0.4 is 5.32 Å². The summed E-state index contributed by atoms with van der Waals surface area (Å²) < 4.78 is 0. The molecule has 0 amide bonds. The van der Waals surface area contributed by atoms with Crippen molar-refractivity contribution in [3.05, 3.63) is 13.8 Å². The van der Waals surface area contributed by atoms with E-state index in [1.54, 1.807) is 0 Å². The number of aliphatic hydroxyl groups excluding tert-OH is 1. The molecule has 0 spiro atoms. The van der Waals surface area contributed by atoms with Crippen molar-refractivity contribution in [2.24, 2.45) is 46.3 Å². The third-order valence-electron chi connectivity index (χ3n) is 11.2. The summed E-state index contributed by atoms with van der Waals surface area (Å²) >= 11 is 0. The molecule has 0 bridgehead atoms. The Morgan fingerprint density at radius 2 is 1.71 bits per heavy atom. The molecule has 2 nitrogen and oxygen atoms in total. The van der Waals surface area contributed by atoms with Gasteiger partial charge in [0.2, 0.25) is 0 Å². The van der Waals surface area contributed by atoms with Gasteiger partial charge >= 0.3 is 0 Å². The van der Waals surface area contributed by atoms with E-state index in [0.29, 0.717) is 16.9 Å². The van der Waals surface area contributed by atoms with Gasteiger partial charge in [-0.2, -0.15) is 0 Å². The van der Waals surface area contributed by atoms with Crippen LogP contribution in [0.3, 0.4) is 0 Å². The highest BCUT2D eigenvalue weighted by Gasteiger charge is 2.60. The fourth-order valence-corrected chi connectivity index (χ4v) is 9.49. The summed E-state index contributed by atoms with van der Waals surface area (Å²) in [6.45, 7) is 17.1. The molecule has 2 radical (unpaired) electrons. The Morgan fingerprint density at radius 3 is 2.48 bits per heavy atom. The highest BCUT2D eigenvalue weighted by Crippen LogP contribution is 2.68. The predicted molar refractivity (Wildman–Crippen MR) is 131 cm³/mol. The minimum absolute atomic E-state index is 0.0212. The molecule has 0 heterocycles. The van der Waals surface area contributed by atoms with Crippen LogP contribution in [0.5, 0.6) is 0 Å². The summed E-state index contributed by atoms with van der Waals surface area (Å²) in [7, 11) is 0. The highest BCUT2D eigenvalue weighted by atomic mass is 16.3. The molecule has 2 N–H and O–H groups in total. The molecular formula is C29H51NO. The Hall–Kier alpha value is -0.0800. The van der Waals surface area contributed by atoms with Crippen molar-refractivity contribution in [1.82, 2.24) is 5.32 Å². The first-order valence-corrected chi connectivity index (χ1v) is 13.8. The fraction of sp³-hybridized carbons (Fsp3) is 0.931. The standard InChI is InChI=1S/C29H51NO/c1-6-8-21(3)30-18-7-9-20(2)25-12-13-26-24-11-10-22-19-23(31)14-16-28(22,4)27(24)15-17-29(25,26)5/h20-27,30-31H,1,3,6-19H2,2,4-5H3/t20-,21?,22-,23-,24+,25-,26+,27+,28+,29-/m1/s1. The maximum Gasteiger partial charge on any atom is 0.0543 e. The molecule has 1 unspecified atom stereocenters. The van der Waals surface area contributed by atoms with Crippen molar-refractivity contribution in [3.63, 3.8) is 0 Å². The third-order valence-corrected chi connectivity index (χ3v) is 11.2. The first kappa shape index (κ1) is 24.1. The van der Waals surface area contributed by atoms with Crippen LogP contribution in [0.4, 0.5) is 0 Å². The monoisotopic (exact) mass is 429 g/mol. The smallest absolute Gasteiger partial charge is 0.0543 e. The Balaban J connectivity index is 1.36. The second-order valence-electron chi connectivity index (χ2n) is 12.7. The molecule has 4 saturated carbocycles. The van der Waals surface area contributed by atoms with E-state index in [2.05, 4.69) is 39.9 Å². The maximum atomic E-state index is 10.3. The first-order chi connectivity index (χ1) is 14.8. The molecule has 178 valence electrons. The molecule has 0 aromatic rings. The van der Waals surface area contributed by atoms with Crippen molar-refractivity contribution in [1.29, 1.82) is 0 Å². The normalized spacial score (nSPS) is 46.6. The highest BCUT2D eigenvalue weighted by molar-refractivity contribution is 5.09. The number of nitrogens with one attached hydrogen (secondary N) is 1. The first-order valence-electron chi connectivity index (χ1n) is 13.8. The van der Waals surface area contributed by atoms with Gasteiger partial charge in [0, 0.05) is 6.04 Å². The van der Waals surface area contributed by atoms with E-state index in [4.69, 9.17) is 0 Å². The lowest BCUT2D eigenvalue weighted by Crippen LogP contribution is -2.54. The summed E-state index contributed by atoms with van der Waals surface area (Å²) in [4.78, 5) is 0. The summed E-state index contributed by atoms with van der Waals surface area (Å²) in [5.74, 6) is 5.41. The van der Waals surface area contributed by atoms with Crippen LogP contribution in [0.2, 0.25) is 0 Å². The van der Waals surface area contributed by atoms with E-state index in [1.165, 1.54) is 57.8 Å². The molecule has 2 heteroatoms. The fourth-order valence-electron chi connectivity index (χ4n) is 9.49. The van der Waals surface area contributed by atoms with Crippen molar-refractivity contribution in [3.8, 4) is 0 Å². The van der Waals surface area contributed by atoms with Crippen LogP contribution in [-0.2, 0) is 0 Å². The molecule has 0 aliphatic heterocycles. The molecule has 4 aliphatic carbocycles. The van der Waals surface area contributed by atoms with Gasteiger partial charge in [-0.3, -0.25) is 0 Å². The lowest BCUT2D eigenvalue weighted by atomic mass is 9.44. The lowest BCUT2D eigenvalue weighted by molar-refractivity contribution is -0.129. The maximum absolute atomic E-state index is 10.3. The largest absolute Gasteiger partial charge is 0.393 e. The zero-order chi connectivity index (χ0) is 22.2. The average molecular weight is 430 g/mol. The van der Waals surface area contributed by atoms with E-state index in [0.717, 1.165) is 67.7 Å². The number of rotatable bonds is 8. The van der Waals surface area contributed by atoms with E-state index in [1.807, 2.05) is 0 Å². The van der Waals surface area contributed by atoms with Gasteiger partial charge in [0.05, 0.1) is 6.10 Å². The number of aliphatic hydroxyl groups is 1. The molecule has 0 saturated heterocycles. The van der Waals surface area contributed by atoms with Gasteiger partial charge in [0.25, 0.3) is 0 Å². The van der Waals surface area contributed by atoms with E-state index in [-0.39, 0.29) is 6.10 Å². The minimum Gasteiger partial charge on any atom is -0.393 e. The quantitative estimate of drug-likeness (QED) is 0.414. The van der Waals surface area contributed by atoms with Gasteiger partial charge in [-0.15, -0.1) is 0 Å². The number of hydrogen-bond donors (Lipinski definition) is 2. The van der Waals surface area contributed by atoms with E-state index in [9.17, 15) is 5.11 Å². The van der Waals surface area contributed by atoms with Crippen molar-refractivity contribution in [2.45, 2.75) is 116 Å². The topological polar surface area (TPSA) is 32.3 Å². The Morgan fingerprint density at radius 1 is 0.968 bits per heavy atom. The number of hydrogen-bond acceptors (Lipinski definition) is 2. The second kappa shape index (κ2) is 9.65. The minimum atomic E-state index is -0.0212. The van der Waals surface area contributed by atoms with Gasteiger partial charge < -0.3 is 10.4 Å². The Kier molecular flexibility index (Phi) is 7.49. The van der Waals surface area contributed by atoms with Crippen LogP contribution >= 0.6 is 0 Å². The van der Waals surface area contributed by atoms with E-state index < -0.39 is 0 Å². The summed E-state index contributed by atoms with van der Waals surface area (Å²) in [6.07, 6.45) is 16.8. The Labute approximate surface area is 193 Å². The summed E-state index contributed by atoms with van der Waals surface area (Å²) in [6, 6.07) is 0.369. The van der Waals surface area contributed by atoms with Crippen LogP contribution in [0.1, 0.15) is 104 Å². The van der Waals surface area contributed by atoms with Gasteiger partial charge in [-0.1, -0.05) is 34.1 Å². The van der Waals surface area contributed by atoms with Gasteiger partial charge in [-0.05, 0) is 137 Å². The summed E-state index contributed by atoms with van der Waals surface area (Å²) in [5.41, 5.74) is 1.09. The van der Waals surface area contributed by atoms with Crippen LogP contribution in [0, 0.1) is 60.2 Å². The molecular weight excluding hydrogens is 378 g/mol. The SMILES string of the molecule is [CH2]CCC([CH2])NCCC[C@@H](C)[C@H]1CC[C@H]2[C@@H]3CC[C@@H]4C[C@H](O)CC[C@]4(C)[C@H]3CC[C@]12C.